The molecule has 0 saturated heterocycles. The van der Waals surface area contributed by atoms with Crippen LogP contribution in [0.4, 0.5) is 0 Å². The summed E-state index contributed by atoms with van der Waals surface area (Å²) in [6.07, 6.45) is 3.95. The molecule has 0 N–H and O–H groups in total. The lowest BCUT2D eigenvalue weighted by Crippen LogP contribution is -1.84. The molecule has 0 aliphatic rings. The summed E-state index contributed by atoms with van der Waals surface area (Å²) in [5.74, 6) is 0.197. The van der Waals surface area contributed by atoms with Crippen LogP contribution in [0, 0.1) is 0 Å². The van der Waals surface area contributed by atoms with Crippen molar-refractivity contribution in [3.63, 3.8) is 0 Å². The normalized spacial score (nSPS) is 10.0. The highest BCUT2D eigenvalue weighted by Crippen LogP contribution is 1.80. The molecule has 40 valence electrons. The Hall–Kier alpha value is -0.590. The second-order valence-corrected chi connectivity index (χ2v) is 1.32. The van der Waals surface area contributed by atoms with Gasteiger partial charge in [0.25, 0.3) is 0 Å². The van der Waals surface area contributed by atoms with Crippen LogP contribution in [0.15, 0.2) is 12.2 Å². The van der Waals surface area contributed by atoms with Gasteiger partial charge in [0.15, 0.2) is 5.78 Å². The minimum Gasteiger partial charge on any atom is -0.295 e. The van der Waals surface area contributed by atoms with Gasteiger partial charge in [-0.25, -0.2) is 0 Å². The molecule has 0 aromatic heterocycles. The summed E-state index contributed by atoms with van der Waals surface area (Å²) in [5, 5.41) is 0. The Morgan fingerprint density at radius 3 is 2.43 bits per heavy atom. The van der Waals surface area contributed by atoms with E-state index in [9.17, 15) is 4.79 Å². The molecule has 0 amide bonds. The van der Waals surface area contributed by atoms with Gasteiger partial charge in [0.2, 0.25) is 0 Å². The SMILES string of the molecule is C/C=C\C(=O)CC. The van der Waals surface area contributed by atoms with E-state index in [2.05, 4.69) is 0 Å². The first-order valence-corrected chi connectivity index (χ1v) is 2.46. The van der Waals surface area contributed by atoms with Crippen LogP contribution in [0.1, 0.15) is 20.3 Å². The van der Waals surface area contributed by atoms with Crippen LogP contribution in [0.25, 0.3) is 0 Å². The number of ketones is 1. The molecule has 0 radical (unpaired) electrons. The molecular weight excluding hydrogens is 88.1 g/mol. The van der Waals surface area contributed by atoms with Gasteiger partial charge in [-0.05, 0) is 13.0 Å². The average Bonchev–Trinajstić information content (AvgIpc) is 1.68. The van der Waals surface area contributed by atoms with Crippen molar-refractivity contribution in [1.82, 2.24) is 0 Å². The predicted molar refractivity (Wildman–Crippen MR) is 30.1 cm³/mol. The van der Waals surface area contributed by atoms with Gasteiger partial charge in [0.05, 0.1) is 0 Å². The van der Waals surface area contributed by atoms with E-state index < -0.39 is 0 Å². The summed E-state index contributed by atoms with van der Waals surface area (Å²) in [6, 6.07) is 0. The van der Waals surface area contributed by atoms with Crippen LogP contribution in [0.5, 0.6) is 0 Å². The van der Waals surface area contributed by atoms with Crippen molar-refractivity contribution < 1.29 is 4.79 Å². The predicted octanol–water partition coefficient (Wildman–Crippen LogP) is 1.54. The Kier molecular flexibility index (Phi) is 3.29. The molecule has 0 unspecified atom stereocenters. The molecule has 0 saturated carbocycles. The third-order valence-corrected chi connectivity index (χ3v) is 0.701. The quantitative estimate of drug-likeness (QED) is 0.479. The van der Waals surface area contributed by atoms with Gasteiger partial charge in [-0.2, -0.15) is 0 Å². The number of carbonyl (C=O) groups excluding carboxylic acids is 1. The van der Waals surface area contributed by atoms with E-state index in [0.717, 1.165) is 0 Å². The number of hydrogen-bond donors (Lipinski definition) is 0. The molecule has 0 atom stereocenters. The third-order valence-electron chi connectivity index (χ3n) is 0.701. The van der Waals surface area contributed by atoms with E-state index in [4.69, 9.17) is 0 Å². The second-order valence-electron chi connectivity index (χ2n) is 1.32. The zero-order chi connectivity index (χ0) is 5.70. The van der Waals surface area contributed by atoms with Gasteiger partial charge in [-0.15, -0.1) is 0 Å². The molecule has 0 fully saturated rings. The Morgan fingerprint density at radius 2 is 2.29 bits per heavy atom. The Bertz CT molecular complexity index is 82.2. The zero-order valence-electron chi connectivity index (χ0n) is 4.77. The Balaban J connectivity index is 3.37. The van der Waals surface area contributed by atoms with Crippen molar-refractivity contribution in [3.05, 3.63) is 12.2 Å². The lowest BCUT2D eigenvalue weighted by molar-refractivity contribution is -0.114. The zero-order valence-corrected chi connectivity index (χ0v) is 4.77. The molecule has 1 heteroatoms. The number of hydrogen-bond acceptors (Lipinski definition) is 1. The highest BCUT2D eigenvalue weighted by molar-refractivity contribution is 5.89. The Labute approximate surface area is 44.0 Å². The highest BCUT2D eigenvalue weighted by Gasteiger charge is 1.83. The molecule has 0 aliphatic carbocycles. The minimum absolute atomic E-state index is 0.197. The third kappa shape index (κ3) is 3.23. The van der Waals surface area contributed by atoms with Gasteiger partial charge in [0.1, 0.15) is 0 Å². The van der Waals surface area contributed by atoms with Crippen molar-refractivity contribution in [2.24, 2.45) is 0 Å². The van der Waals surface area contributed by atoms with Crippen LogP contribution in [-0.4, -0.2) is 5.78 Å². The summed E-state index contributed by atoms with van der Waals surface area (Å²) in [4.78, 5) is 10.3. The molecular formula is C6H10O. The van der Waals surface area contributed by atoms with Gasteiger partial charge in [-0.1, -0.05) is 13.0 Å². The number of allylic oxidation sites excluding steroid dienone is 2. The summed E-state index contributed by atoms with van der Waals surface area (Å²) < 4.78 is 0. The van der Waals surface area contributed by atoms with E-state index in [0.29, 0.717) is 6.42 Å². The molecule has 0 heterocycles. The molecule has 0 rings (SSSR count). The van der Waals surface area contributed by atoms with Gasteiger partial charge < -0.3 is 0 Å². The first-order chi connectivity index (χ1) is 3.31. The van der Waals surface area contributed by atoms with E-state index in [1.54, 1.807) is 12.2 Å². The summed E-state index contributed by atoms with van der Waals surface area (Å²) in [6.45, 7) is 3.69. The smallest absolute Gasteiger partial charge is 0.155 e. The summed E-state index contributed by atoms with van der Waals surface area (Å²) in [7, 11) is 0. The first-order valence-electron chi connectivity index (χ1n) is 2.46. The second kappa shape index (κ2) is 3.59. The van der Waals surface area contributed by atoms with Crippen LogP contribution in [-0.2, 0) is 4.79 Å². The number of rotatable bonds is 2. The highest BCUT2D eigenvalue weighted by atomic mass is 16.1. The summed E-state index contributed by atoms with van der Waals surface area (Å²) in [5.41, 5.74) is 0. The molecule has 0 aliphatic heterocycles. The van der Waals surface area contributed by atoms with Gasteiger partial charge in [-0.3, -0.25) is 4.79 Å². The Morgan fingerprint density at radius 1 is 1.71 bits per heavy atom. The number of carbonyl (C=O) groups is 1. The molecule has 7 heavy (non-hydrogen) atoms. The van der Waals surface area contributed by atoms with Crippen LogP contribution in [0.3, 0.4) is 0 Å². The maximum atomic E-state index is 10.3. The largest absolute Gasteiger partial charge is 0.295 e. The van der Waals surface area contributed by atoms with Crippen LogP contribution < -0.4 is 0 Å². The molecule has 0 spiro atoms. The fourth-order valence-electron chi connectivity index (χ4n) is 0.304. The van der Waals surface area contributed by atoms with Crippen LogP contribution >= 0.6 is 0 Å². The van der Waals surface area contributed by atoms with E-state index in [1.807, 2.05) is 13.8 Å². The van der Waals surface area contributed by atoms with Gasteiger partial charge >= 0.3 is 0 Å². The standard InChI is InChI=1S/C6H10O/c1-3-5-6(7)4-2/h3,5H,4H2,1-2H3/b5-3-. The topological polar surface area (TPSA) is 17.1 Å². The van der Waals surface area contributed by atoms with Crippen LogP contribution in [0.2, 0.25) is 0 Å². The monoisotopic (exact) mass is 98.1 g/mol. The molecule has 0 aromatic carbocycles. The fourth-order valence-corrected chi connectivity index (χ4v) is 0.304. The van der Waals surface area contributed by atoms with E-state index >= 15 is 0 Å². The van der Waals surface area contributed by atoms with E-state index in [-0.39, 0.29) is 5.78 Å². The van der Waals surface area contributed by atoms with Gasteiger partial charge in [0, 0.05) is 6.42 Å². The van der Waals surface area contributed by atoms with Crippen molar-refractivity contribution in [1.29, 1.82) is 0 Å². The van der Waals surface area contributed by atoms with Crippen molar-refractivity contribution in [2.75, 3.05) is 0 Å². The van der Waals surface area contributed by atoms with Crippen molar-refractivity contribution in [2.45, 2.75) is 20.3 Å². The van der Waals surface area contributed by atoms with Crippen molar-refractivity contribution in [3.8, 4) is 0 Å². The van der Waals surface area contributed by atoms with E-state index in [1.165, 1.54) is 0 Å². The lowest BCUT2D eigenvalue weighted by atomic mass is 10.3. The fraction of sp³-hybridized carbons (Fsp3) is 0.500. The molecule has 1 nitrogen and oxygen atoms in total. The molecule has 0 aromatic rings. The maximum absolute atomic E-state index is 10.3. The van der Waals surface area contributed by atoms with Crippen molar-refractivity contribution >= 4 is 5.78 Å². The minimum atomic E-state index is 0.197. The molecule has 0 bridgehead atoms. The lowest BCUT2D eigenvalue weighted by Gasteiger charge is -1.78. The first kappa shape index (κ1) is 6.41. The average molecular weight is 98.1 g/mol. The maximum Gasteiger partial charge on any atom is 0.155 e. The summed E-state index contributed by atoms with van der Waals surface area (Å²) >= 11 is 0.